The minimum atomic E-state index is -4.61. The maximum atomic E-state index is 13.0. The molecule has 3 unspecified atom stereocenters. The lowest BCUT2D eigenvalue weighted by Crippen LogP contribution is -2.45. The lowest BCUT2D eigenvalue weighted by atomic mass is 10.0. The Labute approximate surface area is 422 Å². The average Bonchev–Trinajstić information content (AvgIpc) is 3.30. The van der Waals surface area contributed by atoms with Crippen molar-refractivity contribution in [3.63, 3.8) is 0 Å². The first-order chi connectivity index (χ1) is 33.0. The van der Waals surface area contributed by atoms with E-state index in [1.807, 2.05) is 27.2 Å². The van der Waals surface area contributed by atoms with E-state index in [9.17, 15) is 19.4 Å². The summed E-state index contributed by atoms with van der Waals surface area (Å²) in [6.45, 7) is 4.65. The summed E-state index contributed by atoms with van der Waals surface area (Å²) in [5, 5.41) is 13.9. The Bertz CT molecular complexity index is 1250. The number of nitrogens with one attached hydrogen (secondary N) is 1. The number of likely N-dealkylation sites (N-methyl/N-ethyl adjacent to an activating group) is 1. The minimum Gasteiger partial charge on any atom is -0.756 e. The summed E-state index contributed by atoms with van der Waals surface area (Å²) < 4.78 is 23.3. The van der Waals surface area contributed by atoms with Crippen molar-refractivity contribution in [2.45, 2.75) is 283 Å². The molecule has 0 fully saturated rings. The predicted octanol–water partition coefficient (Wildman–Crippen LogP) is 16.9. The second kappa shape index (κ2) is 50.4. The predicted molar refractivity (Wildman–Crippen MR) is 293 cm³/mol. The number of quaternary nitrogens is 1. The monoisotopic (exact) mass is 977 g/mol. The topological polar surface area (TPSA) is 108 Å². The number of hydrogen-bond acceptors (Lipinski definition) is 6. The molecular weight excluding hydrogens is 864 g/mol. The van der Waals surface area contributed by atoms with Crippen molar-refractivity contribution < 1.29 is 32.9 Å². The lowest BCUT2D eigenvalue weighted by Gasteiger charge is -2.29. The van der Waals surface area contributed by atoms with Crippen molar-refractivity contribution in [1.82, 2.24) is 5.32 Å². The zero-order valence-corrected chi connectivity index (χ0v) is 46.5. The second-order valence-electron chi connectivity index (χ2n) is 21.0. The number of carbonyl (C=O) groups is 1. The number of carbonyl (C=O) groups excluding carboxylic acids is 1. The largest absolute Gasteiger partial charge is 0.756 e. The highest BCUT2D eigenvalue weighted by Gasteiger charge is 2.23. The normalized spacial score (nSPS) is 14.3. The van der Waals surface area contributed by atoms with Crippen LogP contribution in [-0.4, -0.2) is 68.5 Å². The third kappa shape index (κ3) is 52.3. The van der Waals surface area contributed by atoms with Crippen molar-refractivity contribution in [2.24, 2.45) is 0 Å². The molecule has 0 aromatic carbocycles. The van der Waals surface area contributed by atoms with Gasteiger partial charge in [0.15, 0.2) is 0 Å². The van der Waals surface area contributed by atoms with Crippen LogP contribution in [0.5, 0.6) is 0 Å². The summed E-state index contributed by atoms with van der Waals surface area (Å²) >= 11 is 0. The number of unbranched alkanes of at least 4 members (excludes halogenated alkanes) is 34. The van der Waals surface area contributed by atoms with E-state index in [1.165, 1.54) is 205 Å². The summed E-state index contributed by atoms with van der Waals surface area (Å²) in [6.07, 6.45) is 66.2. The van der Waals surface area contributed by atoms with E-state index in [1.54, 1.807) is 6.08 Å². The van der Waals surface area contributed by atoms with Crippen LogP contribution < -0.4 is 10.2 Å². The Morgan fingerprint density at radius 1 is 0.500 bits per heavy atom. The van der Waals surface area contributed by atoms with Gasteiger partial charge in [-0.05, 0) is 70.6 Å². The first-order valence-corrected chi connectivity index (χ1v) is 30.5. The maximum Gasteiger partial charge on any atom is 0.268 e. The molecule has 9 heteroatoms. The Balaban J connectivity index is 4.27. The molecule has 0 heterocycles. The van der Waals surface area contributed by atoms with E-state index in [-0.39, 0.29) is 12.5 Å². The van der Waals surface area contributed by atoms with Crippen LogP contribution >= 0.6 is 7.82 Å². The molecule has 0 aromatic heterocycles. The van der Waals surface area contributed by atoms with Crippen molar-refractivity contribution >= 4 is 13.7 Å². The van der Waals surface area contributed by atoms with Gasteiger partial charge in [0.05, 0.1) is 39.9 Å². The van der Waals surface area contributed by atoms with Gasteiger partial charge in [-0.1, -0.05) is 242 Å². The smallest absolute Gasteiger partial charge is 0.268 e. The highest BCUT2D eigenvalue weighted by Crippen LogP contribution is 2.38. The minimum absolute atomic E-state index is 0.00973. The number of rotatable bonds is 53. The van der Waals surface area contributed by atoms with Crippen LogP contribution in [-0.2, 0) is 18.4 Å². The van der Waals surface area contributed by atoms with Gasteiger partial charge in [0, 0.05) is 6.42 Å². The highest BCUT2D eigenvalue weighted by molar-refractivity contribution is 7.45. The van der Waals surface area contributed by atoms with Gasteiger partial charge < -0.3 is 28.8 Å². The van der Waals surface area contributed by atoms with E-state index >= 15 is 0 Å². The number of phosphoric acid groups is 1. The van der Waals surface area contributed by atoms with Gasteiger partial charge >= 0.3 is 0 Å². The molecule has 0 spiro atoms. The Morgan fingerprint density at radius 3 is 1.19 bits per heavy atom. The molecule has 400 valence electrons. The van der Waals surface area contributed by atoms with Gasteiger partial charge in [0.25, 0.3) is 7.82 Å². The number of aliphatic hydroxyl groups is 1. The highest BCUT2D eigenvalue weighted by atomic mass is 31.2. The number of hydrogen-bond donors (Lipinski definition) is 2. The summed E-state index contributed by atoms with van der Waals surface area (Å²) in [4.78, 5) is 25.5. The van der Waals surface area contributed by atoms with E-state index in [0.717, 1.165) is 44.9 Å². The molecule has 0 aliphatic rings. The van der Waals surface area contributed by atoms with Crippen LogP contribution in [0.4, 0.5) is 0 Å². The van der Waals surface area contributed by atoms with Gasteiger partial charge in [-0.2, -0.15) is 0 Å². The molecule has 1 amide bonds. The molecule has 0 rings (SSSR count). The van der Waals surface area contributed by atoms with Gasteiger partial charge in [-0.15, -0.1) is 0 Å². The SMILES string of the molecule is CCCCCCCCCCCCC/C=C/CC/C=C/CC/C=C/C(O)C(COP(=O)([O-])OCC[N+](C)(C)C)NC(=O)CCCCCCCCCCC/C=C\CCCCCCCCCCCCCC. The Hall–Kier alpha value is -1.54. The zero-order chi connectivity index (χ0) is 49.9. The number of aliphatic hydroxyl groups excluding tert-OH is 1. The van der Waals surface area contributed by atoms with E-state index < -0.39 is 26.6 Å². The fraction of sp³-hybridized carbons (Fsp3) is 0.847. The molecular formula is C59H113N2O6P. The van der Waals surface area contributed by atoms with Crippen LogP contribution in [0.1, 0.15) is 271 Å². The fourth-order valence-electron chi connectivity index (χ4n) is 8.42. The zero-order valence-electron chi connectivity index (χ0n) is 45.6. The summed E-state index contributed by atoms with van der Waals surface area (Å²) in [6, 6.07) is -0.912. The number of phosphoric ester groups is 1. The molecule has 2 N–H and O–H groups in total. The number of amides is 1. The van der Waals surface area contributed by atoms with Gasteiger partial charge in [0.2, 0.25) is 5.91 Å². The Kier molecular flexibility index (Phi) is 49.3. The second-order valence-corrected chi connectivity index (χ2v) is 22.4. The molecule has 0 aliphatic carbocycles. The maximum absolute atomic E-state index is 13.0. The van der Waals surface area contributed by atoms with Crippen molar-refractivity contribution in [3.8, 4) is 0 Å². The number of nitrogens with zero attached hydrogens (tertiary/aromatic N) is 1. The average molecular weight is 978 g/mol. The van der Waals surface area contributed by atoms with Crippen LogP contribution in [0.25, 0.3) is 0 Å². The third-order valence-corrected chi connectivity index (χ3v) is 14.0. The molecule has 0 saturated heterocycles. The van der Waals surface area contributed by atoms with E-state index in [0.29, 0.717) is 17.4 Å². The fourth-order valence-corrected chi connectivity index (χ4v) is 9.14. The summed E-state index contributed by atoms with van der Waals surface area (Å²) in [7, 11) is 1.24. The molecule has 3 atom stereocenters. The van der Waals surface area contributed by atoms with Crippen molar-refractivity contribution in [1.29, 1.82) is 0 Å². The molecule has 0 radical (unpaired) electrons. The summed E-state index contributed by atoms with van der Waals surface area (Å²) in [5.41, 5.74) is 0. The molecule has 0 aromatic rings. The Morgan fingerprint density at radius 2 is 0.824 bits per heavy atom. The lowest BCUT2D eigenvalue weighted by molar-refractivity contribution is -0.870. The first kappa shape index (κ1) is 66.5. The standard InChI is InChI=1S/C59H113N2O6P/c1-6-8-10-12-14-16-18-20-22-24-26-28-29-30-31-33-35-37-39-41-43-45-47-49-51-53-59(63)60-57(56-67-68(64,65)66-55-54-61(3,4)5)58(62)52-50-48-46-44-42-40-38-36-34-32-27-25-23-21-19-17-15-13-11-9-7-2/h30-31,34,36,42,44,50,52,57-58,62H,6-29,32-33,35,37-41,43,45-49,51,53-56H2,1-5H3,(H-,60,63,64,65)/b31-30-,36-34+,44-42+,52-50+. The molecule has 0 aliphatic heterocycles. The van der Waals surface area contributed by atoms with Crippen LogP contribution in [0.2, 0.25) is 0 Å². The van der Waals surface area contributed by atoms with E-state index in [2.05, 4.69) is 55.6 Å². The van der Waals surface area contributed by atoms with Gasteiger partial charge in [0.1, 0.15) is 13.2 Å². The first-order valence-electron chi connectivity index (χ1n) is 29.0. The van der Waals surface area contributed by atoms with Gasteiger partial charge in [-0.25, -0.2) is 0 Å². The van der Waals surface area contributed by atoms with Crippen LogP contribution in [0.3, 0.4) is 0 Å². The van der Waals surface area contributed by atoms with Crippen LogP contribution in [0, 0.1) is 0 Å². The van der Waals surface area contributed by atoms with Gasteiger partial charge in [-0.3, -0.25) is 9.36 Å². The quantitative estimate of drug-likeness (QED) is 0.0272. The molecule has 68 heavy (non-hydrogen) atoms. The summed E-state index contributed by atoms with van der Waals surface area (Å²) in [5.74, 6) is -0.211. The third-order valence-electron chi connectivity index (χ3n) is 13.0. The molecule has 0 bridgehead atoms. The van der Waals surface area contributed by atoms with Crippen LogP contribution in [0.15, 0.2) is 48.6 Å². The molecule has 8 nitrogen and oxygen atoms in total. The van der Waals surface area contributed by atoms with Crippen molar-refractivity contribution in [3.05, 3.63) is 48.6 Å². The number of allylic oxidation sites excluding steroid dienone is 7. The molecule has 0 saturated carbocycles. The van der Waals surface area contributed by atoms with E-state index in [4.69, 9.17) is 9.05 Å². The van der Waals surface area contributed by atoms with Crippen molar-refractivity contribution in [2.75, 3.05) is 40.9 Å².